The standard InChI is InChI=1S/C16H15FN4O3S/c1-11-10-13(17)2-3-14(11)25(22,23)19-9-6-15-20-21-16(24-15)12-4-7-18-8-5-12/h2-5,7-8,10,19H,6,9H2,1H3. The van der Waals surface area contributed by atoms with Crippen molar-refractivity contribution in [3.63, 3.8) is 0 Å². The maximum atomic E-state index is 13.1. The average molecular weight is 362 g/mol. The zero-order valence-corrected chi connectivity index (χ0v) is 14.1. The molecule has 0 amide bonds. The zero-order valence-electron chi connectivity index (χ0n) is 13.3. The second-order valence-corrected chi connectivity index (χ2v) is 7.03. The number of hydrogen-bond acceptors (Lipinski definition) is 6. The number of nitrogens with one attached hydrogen (secondary N) is 1. The van der Waals surface area contributed by atoms with Crippen LogP contribution in [0.15, 0.2) is 52.0 Å². The van der Waals surface area contributed by atoms with Gasteiger partial charge in [-0.2, -0.15) is 0 Å². The summed E-state index contributed by atoms with van der Waals surface area (Å²) in [5.41, 5.74) is 1.07. The van der Waals surface area contributed by atoms with Gasteiger partial charge in [0.05, 0.1) is 4.90 Å². The Morgan fingerprint density at radius 1 is 1.16 bits per heavy atom. The van der Waals surface area contributed by atoms with Crippen molar-refractivity contribution in [2.45, 2.75) is 18.2 Å². The number of hydrogen-bond donors (Lipinski definition) is 1. The number of aryl methyl sites for hydroxylation is 1. The van der Waals surface area contributed by atoms with Gasteiger partial charge in [0.25, 0.3) is 0 Å². The third-order valence-corrected chi connectivity index (χ3v) is 5.07. The van der Waals surface area contributed by atoms with Crippen LogP contribution in [0.4, 0.5) is 4.39 Å². The molecule has 0 atom stereocenters. The molecule has 2 heterocycles. The molecule has 25 heavy (non-hydrogen) atoms. The lowest BCUT2D eigenvalue weighted by Crippen LogP contribution is -2.26. The van der Waals surface area contributed by atoms with E-state index >= 15 is 0 Å². The molecular weight excluding hydrogens is 347 g/mol. The molecule has 0 aliphatic rings. The van der Waals surface area contributed by atoms with E-state index < -0.39 is 15.8 Å². The van der Waals surface area contributed by atoms with Crippen molar-refractivity contribution < 1.29 is 17.2 Å². The number of benzene rings is 1. The normalized spacial score (nSPS) is 11.6. The van der Waals surface area contributed by atoms with Crippen LogP contribution in [0.3, 0.4) is 0 Å². The van der Waals surface area contributed by atoms with Crippen LogP contribution in [0.5, 0.6) is 0 Å². The van der Waals surface area contributed by atoms with Crippen LogP contribution in [0.1, 0.15) is 11.5 Å². The first-order valence-electron chi connectivity index (χ1n) is 7.44. The van der Waals surface area contributed by atoms with Gasteiger partial charge in [-0.15, -0.1) is 10.2 Å². The second kappa shape index (κ2) is 7.08. The van der Waals surface area contributed by atoms with Gasteiger partial charge in [0.1, 0.15) is 5.82 Å². The van der Waals surface area contributed by atoms with Gasteiger partial charge in [0.2, 0.25) is 21.8 Å². The van der Waals surface area contributed by atoms with Crippen molar-refractivity contribution >= 4 is 10.0 Å². The summed E-state index contributed by atoms with van der Waals surface area (Å²) in [5.74, 6) is 0.172. The molecule has 0 aliphatic carbocycles. The highest BCUT2D eigenvalue weighted by Gasteiger charge is 2.17. The van der Waals surface area contributed by atoms with E-state index in [4.69, 9.17) is 4.42 Å². The van der Waals surface area contributed by atoms with Crippen molar-refractivity contribution in [2.75, 3.05) is 6.54 Å². The maximum absolute atomic E-state index is 13.1. The fourth-order valence-corrected chi connectivity index (χ4v) is 3.51. The Hall–Kier alpha value is -2.65. The van der Waals surface area contributed by atoms with Crippen LogP contribution in [0.2, 0.25) is 0 Å². The molecule has 130 valence electrons. The summed E-state index contributed by atoms with van der Waals surface area (Å²) in [7, 11) is -3.74. The summed E-state index contributed by atoms with van der Waals surface area (Å²) < 4.78 is 45.6. The molecule has 3 aromatic rings. The van der Waals surface area contributed by atoms with Gasteiger partial charge in [0.15, 0.2) is 0 Å². The van der Waals surface area contributed by atoms with Crippen LogP contribution in [0.25, 0.3) is 11.5 Å². The molecule has 2 aromatic heterocycles. The van der Waals surface area contributed by atoms with Crippen LogP contribution >= 0.6 is 0 Å². The molecule has 0 spiro atoms. The molecule has 1 aromatic carbocycles. The highest BCUT2D eigenvalue weighted by Crippen LogP contribution is 2.17. The van der Waals surface area contributed by atoms with Crippen molar-refractivity contribution in [2.24, 2.45) is 0 Å². The number of rotatable bonds is 6. The van der Waals surface area contributed by atoms with Crippen LogP contribution in [0, 0.1) is 12.7 Å². The van der Waals surface area contributed by atoms with Crippen molar-refractivity contribution in [1.82, 2.24) is 19.9 Å². The molecule has 0 saturated heterocycles. The Morgan fingerprint density at radius 2 is 1.92 bits per heavy atom. The first-order chi connectivity index (χ1) is 12.0. The topological polar surface area (TPSA) is 98.0 Å². The predicted octanol–water partition coefficient (Wildman–Crippen LogP) is 2.10. The van der Waals surface area contributed by atoms with Crippen molar-refractivity contribution in [1.29, 1.82) is 0 Å². The summed E-state index contributed by atoms with van der Waals surface area (Å²) in [4.78, 5) is 3.94. The zero-order chi connectivity index (χ0) is 17.9. The Bertz CT molecular complexity index is 974. The molecule has 0 unspecified atom stereocenters. The van der Waals surface area contributed by atoms with Crippen LogP contribution in [-0.4, -0.2) is 30.1 Å². The van der Waals surface area contributed by atoms with Gasteiger partial charge in [-0.3, -0.25) is 4.98 Å². The van der Waals surface area contributed by atoms with E-state index in [0.29, 0.717) is 17.3 Å². The van der Waals surface area contributed by atoms with Crippen molar-refractivity contribution in [3.8, 4) is 11.5 Å². The van der Waals surface area contributed by atoms with E-state index in [1.165, 1.54) is 19.1 Å². The molecule has 0 saturated carbocycles. The van der Waals surface area contributed by atoms with Gasteiger partial charge in [-0.05, 0) is 42.8 Å². The molecule has 1 N–H and O–H groups in total. The number of pyridine rings is 1. The fourth-order valence-electron chi connectivity index (χ4n) is 2.25. The van der Waals surface area contributed by atoms with E-state index in [1.54, 1.807) is 24.5 Å². The SMILES string of the molecule is Cc1cc(F)ccc1S(=O)(=O)NCCc1nnc(-c2ccncc2)o1. The van der Waals surface area contributed by atoms with Crippen LogP contribution < -0.4 is 4.72 Å². The van der Waals surface area contributed by atoms with Gasteiger partial charge in [0, 0.05) is 30.9 Å². The van der Waals surface area contributed by atoms with Gasteiger partial charge in [-0.25, -0.2) is 17.5 Å². The molecule has 0 bridgehead atoms. The summed E-state index contributed by atoms with van der Waals surface area (Å²) in [6, 6.07) is 6.99. The minimum absolute atomic E-state index is 0.0388. The monoisotopic (exact) mass is 362 g/mol. The molecule has 9 heteroatoms. The Labute approximate surface area is 144 Å². The maximum Gasteiger partial charge on any atom is 0.247 e. The van der Waals surface area contributed by atoms with E-state index in [9.17, 15) is 12.8 Å². The minimum Gasteiger partial charge on any atom is -0.421 e. The lowest BCUT2D eigenvalue weighted by Gasteiger charge is -2.08. The lowest BCUT2D eigenvalue weighted by atomic mass is 10.2. The number of nitrogens with zero attached hydrogens (tertiary/aromatic N) is 3. The van der Waals surface area contributed by atoms with E-state index in [2.05, 4.69) is 19.9 Å². The Kier molecular flexibility index (Phi) is 4.86. The summed E-state index contributed by atoms with van der Waals surface area (Å²) in [6.07, 6.45) is 3.45. The first-order valence-corrected chi connectivity index (χ1v) is 8.92. The number of sulfonamides is 1. The van der Waals surface area contributed by atoms with E-state index in [-0.39, 0.29) is 17.9 Å². The Morgan fingerprint density at radius 3 is 2.64 bits per heavy atom. The largest absolute Gasteiger partial charge is 0.421 e. The summed E-state index contributed by atoms with van der Waals surface area (Å²) in [6.45, 7) is 1.62. The predicted molar refractivity (Wildman–Crippen MR) is 87.6 cm³/mol. The third-order valence-electron chi connectivity index (χ3n) is 3.45. The van der Waals surface area contributed by atoms with E-state index in [0.717, 1.165) is 11.6 Å². The fraction of sp³-hybridized carbons (Fsp3) is 0.188. The highest BCUT2D eigenvalue weighted by atomic mass is 32.2. The quantitative estimate of drug-likeness (QED) is 0.721. The lowest BCUT2D eigenvalue weighted by molar-refractivity contribution is 0.502. The minimum atomic E-state index is -3.74. The number of halogens is 1. The smallest absolute Gasteiger partial charge is 0.247 e. The summed E-state index contributed by atoms with van der Waals surface area (Å²) in [5, 5.41) is 7.81. The molecule has 0 fully saturated rings. The second-order valence-electron chi connectivity index (χ2n) is 5.29. The van der Waals surface area contributed by atoms with Gasteiger partial charge >= 0.3 is 0 Å². The molecule has 0 radical (unpaired) electrons. The molecule has 3 rings (SSSR count). The van der Waals surface area contributed by atoms with Crippen LogP contribution in [-0.2, 0) is 16.4 Å². The highest BCUT2D eigenvalue weighted by molar-refractivity contribution is 7.89. The van der Waals surface area contributed by atoms with Gasteiger partial charge in [-0.1, -0.05) is 0 Å². The van der Waals surface area contributed by atoms with Gasteiger partial charge < -0.3 is 4.42 Å². The first kappa shape index (κ1) is 17.2. The van der Waals surface area contributed by atoms with E-state index in [1.807, 2.05) is 0 Å². The number of aromatic nitrogens is 3. The molecule has 7 nitrogen and oxygen atoms in total. The summed E-state index contributed by atoms with van der Waals surface area (Å²) >= 11 is 0. The molecule has 0 aliphatic heterocycles. The third kappa shape index (κ3) is 4.06. The average Bonchev–Trinajstić information content (AvgIpc) is 3.04. The van der Waals surface area contributed by atoms with Crippen molar-refractivity contribution in [3.05, 3.63) is 60.0 Å². The Balaban J connectivity index is 1.64. The molecular formula is C16H15FN4O3S.